The molecule has 108 valence electrons. The predicted octanol–water partition coefficient (Wildman–Crippen LogP) is 3.88. The first-order valence-corrected chi connectivity index (χ1v) is 7.47. The maximum Gasteiger partial charge on any atom is 0.0487 e. The lowest BCUT2D eigenvalue weighted by Gasteiger charge is -2.34. The summed E-state index contributed by atoms with van der Waals surface area (Å²) in [6, 6.07) is 15.2. The number of aryl methyl sites for hydroxylation is 2. The molecule has 0 saturated heterocycles. The molecule has 3 rings (SSSR count). The summed E-state index contributed by atoms with van der Waals surface area (Å²) >= 11 is 0. The average Bonchev–Trinajstić information content (AvgIpc) is 2.48. The summed E-state index contributed by atoms with van der Waals surface area (Å²) in [4.78, 5) is 2.43. The monoisotopic (exact) mass is 278 g/mol. The molecule has 2 nitrogen and oxygen atoms in total. The first-order valence-electron chi connectivity index (χ1n) is 7.47. The Hall–Kier alpha value is -2.06. The summed E-state index contributed by atoms with van der Waals surface area (Å²) in [5.74, 6) is 0. The smallest absolute Gasteiger partial charge is 0.0487 e. The quantitative estimate of drug-likeness (QED) is 0.916. The molecule has 0 unspecified atom stereocenters. The molecule has 2 heteroatoms. The Morgan fingerprint density at radius 3 is 2.52 bits per heavy atom. The Labute approximate surface area is 127 Å². The van der Waals surface area contributed by atoms with Gasteiger partial charge < -0.3 is 10.2 Å². The van der Waals surface area contributed by atoms with Crippen molar-refractivity contribution in [3.8, 4) is 0 Å². The van der Waals surface area contributed by atoms with E-state index in [0.29, 0.717) is 0 Å². The van der Waals surface area contributed by atoms with Gasteiger partial charge in [-0.3, -0.25) is 0 Å². The highest BCUT2D eigenvalue weighted by atomic mass is 15.2. The van der Waals surface area contributed by atoms with Crippen LogP contribution in [0.1, 0.15) is 22.3 Å². The minimum absolute atomic E-state index is 0.877. The van der Waals surface area contributed by atoms with Gasteiger partial charge in [-0.2, -0.15) is 0 Å². The third kappa shape index (κ3) is 2.59. The SMILES string of the molecule is CNCC1=Cc2cccc(C)c2CN1c1ccccc1C. The van der Waals surface area contributed by atoms with Crippen LogP contribution in [-0.2, 0) is 6.54 Å². The van der Waals surface area contributed by atoms with E-state index in [9.17, 15) is 0 Å². The number of nitrogens with one attached hydrogen (secondary N) is 1. The topological polar surface area (TPSA) is 15.3 Å². The van der Waals surface area contributed by atoms with Gasteiger partial charge in [0.15, 0.2) is 0 Å². The summed E-state index contributed by atoms with van der Waals surface area (Å²) in [7, 11) is 2.00. The fourth-order valence-electron chi connectivity index (χ4n) is 3.03. The van der Waals surface area contributed by atoms with Crippen molar-refractivity contribution in [2.45, 2.75) is 20.4 Å². The molecule has 2 aromatic rings. The number of nitrogens with zero attached hydrogens (tertiary/aromatic N) is 1. The molecule has 1 aliphatic rings. The highest BCUT2D eigenvalue weighted by molar-refractivity contribution is 5.70. The Morgan fingerprint density at radius 1 is 1.00 bits per heavy atom. The summed E-state index contributed by atoms with van der Waals surface area (Å²) in [6.45, 7) is 6.20. The molecule has 0 amide bonds. The van der Waals surface area contributed by atoms with Crippen LogP contribution in [0.15, 0.2) is 48.2 Å². The van der Waals surface area contributed by atoms with Crippen LogP contribution in [0.5, 0.6) is 0 Å². The lowest BCUT2D eigenvalue weighted by atomic mass is 9.96. The van der Waals surface area contributed by atoms with Crippen LogP contribution in [0.3, 0.4) is 0 Å². The normalized spacial score (nSPS) is 13.9. The van der Waals surface area contributed by atoms with Crippen molar-refractivity contribution in [2.24, 2.45) is 0 Å². The van der Waals surface area contributed by atoms with Gasteiger partial charge in [-0.15, -0.1) is 0 Å². The minimum atomic E-state index is 0.877. The van der Waals surface area contributed by atoms with E-state index in [1.54, 1.807) is 0 Å². The van der Waals surface area contributed by atoms with E-state index in [2.05, 4.69) is 72.6 Å². The molecule has 0 saturated carbocycles. The minimum Gasteiger partial charge on any atom is -0.339 e. The first kappa shape index (κ1) is 13.9. The number of hydrogen-bond donors (Lipinski definition) is 1. The van der Waals surface area contributed by atoms with Crippen LogP contribution in [0.2, 0.25) is 0 Å². The second-order valence-corrected chi connectivity index (χ2v) is 5.68. The van der Waals surface area contributed by atoms with E-state index in [4.69, 9.17) is 0 Å². The largest absolute Gasteiger partial charge is 0.339 e. The van der Waals surface area contributed by atoms with Crippen molar-refractivity contribution in [1.29, 1.82) is 0 Å². The van der Waals surface area contributed by atoms with Gasteiger partial charge in [0.25, 0.3) is 0 Å². The fourth-order valence-corrected chi connectivity index (χ4v) is 3.03. The molecule has 21 heavy (non-hydrogen) atoms. The number of para-hydroxylation sites is 1. The van der Waals surface area contributed by atoms with E-state index >= 15 is 0 Å². The molecule has 1 N–H and O–H groups in total. The average molecular weight is 278 g/mol. The van der Waals surface area contributed by atoms with Gasteiger partial charge in [0.05, 0.1) is 0 Å². The molecule has 0 spiro atoms. The van der Waals surface area contributed by atoms with Crippen LogP contribution in [0.4, 0.5) is 5.69 Å². The van der Waals surface area contributed by atoms with Crippen LogP contribution in [0.25, 0.3) is 6.08 Å². The van der Waals surface area contributed by atoms with Crippen molar-refractivity contribution in [3.63, 3.8) is 0 Å². The molecule has 0 bridgehead atoms. The highest BCUT2D eigenvalue weighted by Crippen LogP contribution is 2.32. The van der Waals surface area contributed by atoms with E-state index < -0.39 is 0 Å². The predicted molar refractivity (Wildman–Crippen MR) is 90.4 cm³/mol. The fraction of sp³-hybridized carbons (Fsp3) is 0.263. The molecule has 0 aliphatic carbocycles. The third-order valence-corrected chi connectivity index (χ3v) is 4.20. The Balaban J connectivity index is 2.09. The second-order valence-electron chi connectivity index (χ2n) is 5.68. The lowest BCUT2D eigenvalue weighted by Crippen LogP contribution is -2.31. The molecular weight excluding hydrogens is 256 g/mol. The number of hydrogen-bond acceptors (Lipinski definition) is 2. The maximum absolute atomic E-state index is 3.29. The maximum atomic E-state index is 3.29. The first-order chi connectivity index (χ1) is 10.2. The third-order valence-electron chi connectivity index (χ3n) is 4.20. The van der Waals surface area contributed by atoms with Gasteiger partial charge in [-0.05, 0) is 55.3 Å². The molecule has 0 aromatic heterocycles. The lowest BCUT2D eigenvalue weighted by molar-refractivity contribution is 0.795. The summed E-state index contributed by atoms with van der Waals surface area (Å²) in [5, 5.41) is 3.29. The van der Waals surface area contributed by atoms with Gasteiger partial charge in [-0.25, -0.2) is 0 Å². The number of likely N-dealkylation sites (N-methyl/N-ethyl adjacent to an activating group) is 1. The number of benzene rings is 2. The highest BCUT2D eigenvalue weighted by Gasteiger charge is 2.21. The zero-order valence-electron chi connectivity index (χ0n) is 13.0. The molecule has 1 aliphatic heterocycles. The van der Waals surface area contributed by atoms with Crippen LogP contribution in [0, 0.1) is 13.8 Å². The molecule has 0 radical (unpaired) electrons. The van der Waals surface area contributed by atoms with Gasteiger partial charge >= 0.3 is 0 Å². The molecule has 0 atom stereocenters. The van der Waals surface area contributed by atoms with Crippen molar-refractivity contribution in [3.05, 3.63) is 70.4 Å². The molecular formula is C19H22N2. The van der Waals surface area contributed by atoms with Crippen LogP contribution >= 0.6 is 0 Å². The van der Waals surface area contributed by atoms with Gasteiger partial charge in [0.1, 0.15) is 0 Å². The van der Waals surface area contributed by atoms with Crippen molar-refractivity contribution >= 4 is 11.8 Å². The van der Waals surface area contributed by atoms with Crippen LogP contribution in [-0.4, -0.2) is 13.6 Å². The number of rotatable bonds is 3. The summed E-state index contributed by atoms with van der Waals surface area (Å²) in [6.07, 6.45) is 2.31. The molecule has 0 fully saturated rings. The zero-order valence-corrected chi connectivity index (χ0v) is 13.0. The molecule has 1 heterocycles. The number of fused-ring (bicyclic) bond motifs is 1. The van der Waals surface area contributed by atoms with E-state index in [1.165, 1.54) is 33.6 Å². The number of anilines is 1. The van der Waals surface area contributed by atoms with Gasteiger partial charge in [-0.1, -0.05) is 36.4 Å². The van der Waals surface area contributed by atoms with Crippen molar-refractivity contribution < 1.29 is 0 Å². The zero-order chi connectivity index (χ0) is 14.8. The standard InChI is InChI=1S/C19H22N2/c1-14-8-6-9-16-11-17(12-20-3)21(13-18(14)16)19-10-5-4-7-15(19)2/h4-11,20H,12-13H2,1-3H3. The second kappa shape index (κ2) is 5.74. The van der Waals surface area contributed by atoms with Gasteiger partial charge in [0, 0.05) is 24.5 Å². The molecule has 2 aromatic carbocycles. The van der Waals surface area contributed by atoms with E-state index in [0.717, 1.165) is 13.1 Å². The van der Waals surface area contributed by atoms with E-state index in [-0.39, 0.29) is 0 Å². The van der Waals surface area contributed by atoms with E-state index in [1.807, 2.05) is 7.05 Å². The Kier molecular flexibility index (Phi) is 3.80. The Bertz CT molecular complexity index is 686. The summed E-state index contributed by atoms with van der Waals surface area (Å²) in [5.41, 5.74) is 8.09. The summed E-state index contributed by atoms with van der Waals surface area (Å²) < 4.78 is 0. The Morgan fingerprint density at radius 2 is 1.76 bits per heavy atom. The van der Waals surface area contributed by atoms with Crippen molar-refractivity contribution in [1.82, 2.24) is 5.32 Å². The van der Waals surface area contributed by atoms with Gasteiger partial charge in [0.2, 0.25) is 0 Å². The van der Waals surface area contributed by atoms with Crippen LogP contribution < -0.4 is 10.2 Å². The van der Waals surface area contributed by atoms with Crippen molar-refractivity contribution in [2.75, 3.05) is 18.5 Å².